The molecular formula is C9H12O2. The summed E-state index contributed by atoms with van der Waals surface area (Å²) in [6.45, 7) is 1.86. The molecule has 0 unspecified atom stereocenters. The molecule has 0 saturated carbocycles. The van der Waals surface area contributed by atoms with Gasteiger partial charge in [0.1, 0.15) is 0 Å². The monoisotopic (exact) mass is 152 g/mol. The second kappa shape index (κ2) is 3.96. The Balaban J connectivity index is 2.66. The summed E-state index contributed by atoms with van der Waals surface area (Å²) in [4.78, 5) is 11.1. The Morgan fingerprint density at radius 1 is 1.64 bits per heavy atom. The van der Waals surface area contributed by atoms with Gasteiger partial charge in [-0.05, 0) is 32.3 Å². The Labute approximate surface area is 66.5 Å². The van der Waals surface area contributed by atoms with Crippen LogP contribution in [0.2, 0.25) is 0 Å². The van der Waals surface area contributed by atoms with Gasteiger partial charge in [0.15, 0.2) is 0 Å². The van der Waals surface area contributed by atoms with Crippen LogP contribution in [0.4, 0.5) is 0 Å². The molecule has 1 rings (SSSR count). The van der Waals surface area contributed by atoms with E-state index < -0.39 is 0 Å². The zero-order valence-electron chi connectivity index (χ0n) is 6.67. The van der Waals surface area contributed by atoms with Crippen molar-refractivity contribution in [2.45, 2.75) is 26.2 Å². The summed E-state index contributed by atoms with van der Waals surface area (Å²) >= 11 is 0. The number of hydrogen-bond donors (Lipinski definition) is 0. The number of carbonyl (C=O) groups excluding carboxylic acids is 1. The van der Waals surface area contributed by atoms with E-state index in [4.69, 9.17) is 4.74 Å². The van der Waals surface area contributed by atoms with Gasteiger partial charge in [-0.25, -0.2) is 4.79 Å². The first kappa shape index (κ1) is 8.05. The maximum atomic E-state index is 11.1. The minimum atomic E-state index is -0.205. The Bertz CT molecular complexity index is 202. The third kappa shape index (κ3) is 2.22. The molecule has 0 aromatic heterocycles. The lowest BCUT2D eigenvalue weighted by Crippen LogP contribution is -2.05. The maximum absolute atomic E-state index is 11.1. The SMILES string of the molecule is CC=C1CCC/C=C\OC1=O. The maximum Gasteiger partial charge on any atom is 0.338 e. The molecule has 0 bridgehead atoms. The number of allylic oxidation sites excluding steroid dienone is 2. The van der Waals surface area contributed by atoms with Crippen LogP contribution in [0.1, 0.15) is 26.2 Å². The average molecular weight is 152 g/mol. The van der Waals surface area contributed by atoms with Crippen molar-refractivity contribution in [2.24, 2.45) is 0 Å². The van der Waals surface area contributed by atoms with Crippen molar-refractivity contribution >= 4 is 5.97 Å². The highest BCUT2D eigenvalue weighted by Crippen LogP contribution is 2.12. The highest BCUT2D eigenvalue weighted by atomic mass is 16.5. The predicted octanol–water partition coefficient (Wildman–Crippen LogP) is 2.17. The van der Waals surface area contributed by atoms with E-state index in [1.54, 1.807) is 0 Å². The topological polar surface area (TPSA) is 26.3 Å². The van der Waals surface area contributed by atoms with Crippen LogP contribution in [0.3, 0.4) is 0 Å². The summed E-state index contributed by atoms with van der Waals surface area (Å²) in [5, 5.41) is 0. The molecule has 0 radical (unpaired) electrons. The second-order valence-corrected chi connectivity index (χ2v) is 2.48. The zero-order chi connectivity index (χ0) is 8.10. The molecule has 1 aliphatic rings. The number of cyclic esters (lactones) is 1. The van der Waals surface area contributed by atoms with Crippen molar-refractivity contribution in [1.29, 1.82) is 0 Å². The van der Waals surface area contributed by atoms with Crippen molar-refractivity contribution in [2.75, 3.05) is 0 Å². The minimum absolute atomic E-state index is 0.205. The van der Waals surface area contributed by atoms with E-state index in [0.717, 1.165) is 24.8 Å². The van der Waals surface area contributed by atoms with E-state index in [1.807, 2.05) is 19.1 Å². The molecule has 0 spiro atoms. The molecule has 2 nitrogen and oxygen atoms in total. The second-order valence-electron chi connectivity index (χ2n) is 2.48. The van der Waals surface area contributed by atoms with Crippen LogP contribution in [-0.4, -0.2) is 5.97 Å². The van der Waals surface area contributed by atoms with Crippen molar-refractivity contribution < 1.29 is 9.53 Å². The van der Waals surface area contributed by atoms with Crippen molar-refractivity contribution in [3.8, 4) is 0 Å². The first-order chi connectivity index (χ1) is 5.34. The van der Waals surface area contributed by atoms with Gasteiger partial charge >= 0.3 is 5.97 Å². The van der Waals surface area contributed by atoms with Gasteiger partial charge in [0.25, 0.3) is 0 Å². The third-order valence-corrected chi connectivity index (χ3v) is 1.70. The van der Waals surface area contributed by atoms with Crippen LogP contribution < -0.4 is 0 Å². The summed E-state index contributed by atoms with van der Waals surface area (Å²) in [7, 11) is 0. The summed E-state index contributed by atoms with van der Waals surface area (Å²) < 4.78 is 4.80. The summed E-state index contributed by atoms with van der Waals surface area (Å²) in [6.07, 6.45) is 8.03. The lowest BCUT2D eigenvalue weighted by molar-refractivity contribution is -0.133. The molecule has 1 heterocycles. The minimum Gasteiger partial charge on any atom is -0.431 e. The Kier molecular flexibility index (Phi) is 2.90. The number of rotatable bonds is 0. The predicted molar refractivity (Wildman–Crippen MR) is 42.8 cm³/mol. The zero-order valence-corrected chi connectivity index (χ0v) is 6.67. The van der Waals surface area contributed by atoms with Crippen LogP contribution in [0.25, 0.3) is 0 Å². The quantitative estimate of drug-likeness (QED) is 0.393. The summed E-state index contributed by atoms with van der Waals surface area (Å²) in [5.41, 5.74) is 0.786. The number of ether oxygens (including phenoxy) is 1. The molecule has 0 aliphatic carbocycles. The van der Waals surface area contributed by atoms with Crippen LogP contribution in [0.15, 0.2) is 24.0 Å². The molecule has 0 aromatic rings. The van der Waals surface area contributed by atoms with Gasteiger partial charge < -0.3 is 4.74 Å². The third-order valence-electron chi connectivity index (χ3n) is 1.70. The Hall–Kier alpha value is -1.05. The highest BCUT2D eigenvalue weighted by Gasteiger charge is 2.09. The largest absolute Gasteiger partial charge is 0.431 e. The lowest BCUT2D eigenvalue weighted by atomic mass is 10.1. The van der Waals surface area contributed by atoms with Crippen LogP contribution >= 0.6 is 0 Å². The fourth-order valence-electron chi connectivity index (χ4n) is 1.03. The van der Waals surface area contributed by atoms with Gasteiger partial charge in [-0.3, -0.25) is 0 Å². The summed E-state index contributed by atoms with van der Waals surface area (Å²) in [5.74, 6) is -0.205. The van der Waals surface area contributed by atoms with Crippen LogP contribution in [0.5, 0.6) is 0 Å². The lowest BCUT2D eigenvalue weighted by Gasteiger charge is -2.06. The summed E-state index contributed by atoms with van der Waals surface area (Å²) in [6, 6.07) is 0. The van der Waals surface area contributed by atoms with E-state index in [9.17, 15) is 4.79 Å². The van der Waals surface area contributed by atoms with Gasteiger partial charge in [0, 0.05) is 5.57 Å². The first-order valence-electron chi connectivity index (χ1n) is 3.86. The molecule has 0 N–H and O–H groups in total. The van der Waals surface area contributed by atoms with Gasteiger partial charge in [-0.2, -0.15) is 0 Å². The fraction of sp³-hybridized carbons (Fsp3) is 0.444. The van der Waals surface area contributed by atoms with E-state index in [1.165, 1.54) is 6.26 Å². The Morgan fingerprint density at radius 3 is 3.18 bits per heavy atom. The van der Waals surface area contributed by atoms with Crippen molar-refractivity contribution in [1.82, 2.24) is 0 Å². The Morgan fingerprint density at radius 2 is 2.45 bits per heavy atom. The van der Waals surface area contributed by atoms with Crippen molar-refractivity contribution in [3.05, 3.63) is 24.0 Å². The molecule has 0 saturated heterocycles. The van der Waals surface area contributed by atoms with Gasteiger partial charge in [0.05, 0.1) is 6.26 Å². The smallest absolute Gasteiger partial charge is 0.338 e. The number of carbonyl (C=O) groups is 1. The highest BCUT2D eigenvalue weighted by molar-refractivity contribution is 5.88. The number of esters is 1. The molecule has 0 fully saturated rings. The first-order valence-corrected chi connectivity index (χ1v) is 3.86. The van der Waals surface area contributed by atoms with E-state index in [2.05, 4.69) is 0 Å². The van der Waals surface area contributed by atoms with Gasteiger partial charge in [-0.15, -0.1) is 0 Å². The van der Waals surface area contributed by atoms with E-state index in [0.29, 0.717) is 0 Å². The molecule has 60 valence electrons. The van der Waals surface area contributed by atoms with Crippen LogP contribution in [0, 0.1) is 0 Å². The standard InChI is InChI=1S/C9H12O2/c1-2-8-6-4-3-5-7-11-9(8)10/h2,5,7H,3-4,6H2,1H3/b7-5-,8-2?. The molecule has 1 aliphatic heterocycles. The van der Waals surface area contributed by atoms with Gasteiger partial charge in [-0.1, -0.05) is 6.08 Å². The molecule has 0 amide bonds. The molecular weight excluding hydrogens is 140 g/mol. The van der Waals surface area contributed by atoms with E-state index >= 15 is 0 Å². The molecule has 2 heteroatoms. The molecule has 0 aromatic carbocycles. The number of hydrogen-bond acceptors (Lipinski definition) is 2. The van der Waals surface area contributed by atoms with Crippen LogP contribution in [-0.2, 0) is 9.53 Å². The normalized spacial score (nSPS) is 25.5. The fourth-order valence-corrected chi connectivity index (χ4v) is 1.03. The van der Waals surface area contributed by atoms with E-state index in [-0.39, 0.29) is 5.97 Å². The molecule has 11 heavy (non-hydrogen) atoms. The van der Waals surface area contributed by atoms with Gasteiger partial charge in [0.2, 0.25) is 0 Å². The average Bonchev–Trinajstić information content (AvgIpc) is 1.98. The van der Waals surface area contributed by atoms with Crippen molar-refractivity contribution in [3.63, 3.8) is 0 Å². The molecule has 0 atom stereocenters.